The predicted molar refractivity (Wildman–Crippen MR) is 216 cm³/mol. The van der Waals surface area contributed by atoms with E-state index in [1.807, 2.05) is 23.5 Å². The lowest BCUT2D eigenvalue weighted by atomic mass is 10.0. The minimum atomic E-state index is 0.571. The Balaban J connectivity index is 1.18. The summed E-state index contributed by atoms with van der Waals surface area (Å²) in [6.07, 6.45) is 0. The van der Waals surface area contributed by atoms with Crippen LogP contribution in [0, 0.1) is 0 Å². The number of aromatic nitrogens is 4. The number of para-hydroxylation sites is 4. The van der Waals surface area contributed by atoms with E-state index < -0.39 is 0 Å². The predicted octanol–water partition coefficient (Wildman–Crippen LogP) is 12.6. The van der Waals surface area contributed by atoms with Crippen molar-refractivity contribution in [1.29, 1.82) is 0 Å². The van der Waals surface area contributed by atoms with Crippen LogP contribution in [0.2, 0.25) is 0 Å². The summed E-state index contributed by atoms with van der Waals surface area (Å²) in [6, 6.07) is 55.8. The SMILES string of the molecule is c1ccc(-n2c3ccccc3c3cc(-c4nc(-n5c6ccccc6c6c7sc8ccccc8c7ccc65)nc5oc6ccccc6c45)ccc32)cc1. The molecule has 0 bridgehead atoms. The first-order chi connectivity index (χ1) is 25.8. The summed E-state index contributed by atoms with van der Waals surface area (Å²) in [5.41, 5.74) is 8.80. The maximum absolute atomic E-state index is 6.54. The third kappa shape index (κ3) is 3.76. The number of hydrogen-bond donors (Lipinski definition) is 0. The van der Waals surface area contributed by atoms with E-state index in [1.54, 1.807) is 0 Å². The van der Waals surface area contributed by atoms with Crippen LogP contribution in [0.25, 0.3) is 109 Å². The van der Waals surface area contributed by atoms with Gasteiger partial charge in [0.25, 0.3) is 0 Å². The minimum absolute atomic E-state index is 0.571. The number of benzene rings is 7. The molecule has 5 nitrogen and oxygen atoms in total. The lowest BCUT2D eigenvalue weighted by Crippen LogP contribution is -2.02. The third-order valence-electron chi connectivity index (χ3n) is 10.6. The van der Waals surface area contributed by atoms with Gasteiger partial charge in [0.1, 0.15) is 5.58 Å². The fourth-order valence-electron chi connectivity index (χ4n) is 8.35. The quantitative estimate of drug-likeness (QED) is 0.186. The molecule has 0 fully saturated rings. The van der Waals surface area contributed by atoms with Crippen LogP contribution in [0.1, 0.15) is 0 Å². The lowest BCUT2D eigenvalue weighted by Gasteiger charge is -2.11. The normalized spacial score (nSPS) is 12.2. The highest BCUT2D eigenvalue weighted by Crippen LogP contribution is 2.44. The molecule has 0 aliphatic carbocycles. The van der Waals surface area contributed by atoms with E-state index >= 15 is 0 Å². The van der Waals surface area contributed by atoms with E-state index in [1.165, 1.54) is 47.2 Å². The molecule has 0 aliphatic heterocycles. The molecule has 0 aliphatic rings. The molecule has 0 amide bonds. The van der Waals surface area contributed by atoms with Crippen molar-refractivity contribution < 1.29 is 4.42 Å². The van der Waals surface area contributed by atoms with Crippen LogP contribution in [-0.2, 0) is 0 Å². The Labute approximate surface area is 300 Å². The average Bonchev–Trinajstić information content (AvgIpc) is 3.95. The highest BCUT2D eigenvalue weighted by molar-refractivity contribution is 7.26. The molecule has 0 spiro atoms. The Hall–Kier alpha value is -6.76. The van der Waals surface area contributed by atoms with Gasteiger partial charge in [0.05, 0.1) is 33.1 Å². The van der Waals surface area contributed by atoms with Gasteiger partial charge < -0.3 is 8.98 Å². The molecule has 0 saturated carbocycles. The molecule has 6 heteroatoms. The van der Waals surface area contributed by atoms with E-state index in [0.29, 0.717) is 11.7 Å². The van der Waals surface area contributed by atoms with Gasteiger partial charge in [-0.25, -0.2) is 4.98 Å². The minimum Gasteiger partial charge on any atom is -0.437 e. The van der Waals surface area contributed by atoms with Gasteiger partial charge >= 0.3 is 0 Å². The molecule has 5 aromatic heterocycles. The summed E-state index contributed by atoms with van der Waals surface area (Å²) in [5, 5.41) is 9.24. The molecule has 7 aromatic carbocycles. The van der Waals surface area contributed by atoms with Gasteiger partial charge in [0.15, 0.2) is 0 Å². The van der Waals surface area contributed by atoms with Gasteiger partial charge in [-0.05, 0) is 54.6 Å². The summed E-state index contributed by atoms with van der Waals surface area (Å²) < 4.78 is 13.7. The summed E-state index contributed by atoms with van der Waals surface area (Å²) in [4.78, 5) is 10.7. The smallest absolute Gasteiger partial charge is 0.238 e. The third-order valence-corrected chi connectivity index (χ3v) is 11.8. The van der Waals surface area contributed by atoms with Crippen LogP contribution in [0.15, 0.2) is 162 Å². The highest BCUT2D eigenvalue weighted by atomic mass is 32.1. The van der Waals surface area contributed by atoms with Crippen LogP contribution < -0.4 is 0 Å². The van der Waals surface area contributed by atoms with E-state index in [2.05, 4.69) is 155 Å². The summed E-state index contributed by atoms with van der Waals surface area (Å²) >= 11 is 1.85. The average molecular weight is 683 g/mol. The fraction of sp³-hybridized carbons (Fsp3) is 0. The van der Waals surface area contributed by atoms with E-state index in [9.17, 15) is 0 Å². The van der Waals surface area contributed by atoms with Crippen LogP contribution in [0.5, 0.6) is 0 Å². The van der Waals surface area contributed by atoms with Crippen LogP contribution in [0.4, 0.5) is 0 Å². The number of hydrogen-bond acceptors (Lipinski definition) is 4. The van der Waals surface area contributed by atoms with Crippen molar-refractivity contribution >= 4 is 97.2 Å². The topological polar surface area (TPSA) is 48.8 Å². The Morgan fingerprint density at radius 3 is 2.00 bits per heavy atom. The monoisotopic (exact) mass is 682 g/mol. The second kappa shape index (κ2) is 10.4. The molecule has 0 atom stereocenters. The van der Waals surface area contributed by atoms with Gasteiger partial charge in [-0.2, -0.15) is 4.98 Å². The largest absolute Gasteiger partial charge is 0.437 e. The van der Waals surface area contributed by atoms with E-state index in [4.69, 9.17) is 14.4 Å². The first-order valence-electron chi connectivity index (χ1n) is 17.4. The molecular weight excluding hydrogens is 657 g/mol. The number of rotatable bonds is 3. The number of fused-ring (bicyclic) bond motifs is 13. The van der Waals surface area contributed by atoms with Gasteiger partial charge in [-0.3, -0.25) is 4.57 Å². The zero-order chi connectivity index (χ0) is 33.9. The Kier molecular flexibility index (Phi) is 5.59. The second-order valence-electron chi connectivity index (χ2n) is 13.4. The van der Waals surface area contributed by atoms with Crippen molar-refractivity contribution in [2.75, 3.05) is 0 Å². The fourth-order valence-corrected chi connectivity index (χ4v) is 9.61. The molecule has 12 rings (SSSR count). The molecule has 0 N–H and O–H groups in total. The molecule has 242 valence electrons. The number of nitrogens with zero attached hydrogens (tertiary/aromatic N) is 4. The Bertz CT molecular complexity index is 3420. The van der Waals surface area contributed by atoms with Crippen LogP contribution >= 0.6 is 11.3 Å². The van der Waals surface area contributed by atoms with Crippen molar-refractivity contribution in [3.63, 3.8) is 0 Å². The Morgan fingerprint density at radius 1 is 0.462 bits per heavy atom. The van der Waals surface area contributed by atoms with Crippen molar-refractivity contribution in [3.8, 4) is 22.9 Å². The first-order valence-corrected chi connectivity index (χ1v) is 18.2. The molecule has 12 aromatic rings. The summed E-state index contributed by atoms with van der Waals surface area (Å²) in [5.74, 6) is 0.583. The molecule has 0 unspecified atom stereocenters. The van der Waals surface area contributed by atoms with Crippen molar-refractivity contribution in [3.05, 3.63) is 158 Å². The van der Waals surface area contributed by atoms with Gasteiger partial charge in [-0.1, -0.05) is 103 Å². The van der Waals surface area contributed by atoms with E-state index in [0.717, 1.165) is 49.9 Å². The highest BCUT2D eigenvalue weighted by Gasteiger charge is 2.23. The van der Waals surface area contributed by atoms with Gasteiger partial charge in [0, 0.05) is 58.4 Å². The zero-order valence-electron chi connectivity index (χ0n) is 27.6. The summed E-state index contributed by atoms with van der Waals surface area (Å²) in [7, 11) is 0. The van der Waals surface area contributed by atoms with Crippen LogP contribution in [0.3, 0.4) is 0 Å². The maximum Gasteiger partial charge on any atom is 0.238 e. The standard InChI is InChI=1S/C46H26N4OS/c1-2-12-28(13-3-1)49-35-18-8-4-14-29(35)34-26-27(22-24-37(34)49)43-42-33-17-6-10-20-39(33)51-45(42)48-46(47-43)50-36-19-9-5-16-32(36)41-38(50)25-23-31-30-15-7-11-21-40(30)52-44(31)41/h1-26H. The van der Waals surface area contributed by atoms with Gasteiger partial charge in [0.2, 0.25) is 11.7 Å². The molecule has 5 heterocycles. The van der Waals surface area contributed by atoms with Crippen molar-refractivity contribution in [2.45, 2.75) is 0 Å². The summed E-state index contributed by atoms with van der Waals surface area (Å²) in [6.45, 7) is 0. The van der Waals surface area contributed by atoms with Crippen molar-refractivity contribution in [2.24, 2.45) is 0 Å². The lowest BCUT2D eigenvalue weighted by molar-refractivity contribution is 0.651. The molecular formula is C46H26N4OS. The van der Waals surface area contributed by atoms with Crippen molar-refractivity contribution in [1.82, 2.24) is 19.1 Å². The maximum atomic E-state index is 6.54. The van der Waals surface area contributed by atoms with E-state index in [-0.39, 0.29) is 0 Å². The Morgan fingerprint density at radius 2 is 1.13 bits per heavy atom. The number of furan rings is 1. The number of thiophene rings is 1. The molecule has 0 radical (unpaired) electrons. The zero-order valence-corrected chi connectivity index (χ0v) is 28.4. The van der Waals surface area contributed by atoms with Crippen LogP contribution in [-0.4, -0.2) is 19.1 Å². The molecule has 52 heavy (non-hydrogen) atoms. The first kappa shape index (κ1) is 28.0. The van der Waals surface area contributed by atoms with Gasteiger partial charge in [-0.15, -0.1) is 11.3 Å². The molecule has 0 saturated heterocycles. The second-order valence-corrected chi connectivity index (χ2v) is 14.4.